The van der Waals surface area contributed by atoms with Crippen molar-refractivity contribution >= 4 is 51.9 Å². The molecule has 2 heterocycles. The van der Waals surface area contributed by atoms with Gasteiger partial charge in [-0.25, -0.2) is 0 Å². The van der Waals surface area contributed by atoms with Crippen LogP contribution >= 0.6 is 24.0 Å². The molecule has 1 amide bonds. The van der Waals surface area contributed by atoms with Gasteiger partial charge in [-0.3, -0.25) is 14.5 Å². The van der Waals surface area contributed by atoms with Crippen molar-refractivity contribution in [2.75, 3.05) is 25.0 Å². The molecular formula is C18H20N2O3S2. The van der Waals surface area contributed by atoms with Crippen molar-refractivity contribution in [2.24, 2.45) is 0 Å². The molecule has 0 radical (unpaired) electrons. The molecule has 25 heavy (non-hydrogen) atoms. The van der Waals surface area contributed by atoms with Crippen LogP contribution in [-0.2, 0) is 16.0 Å². The van der Waals surface area contributed by atoms with Crippen molar-refractivity contribution in [3.05, 3.63) is 34.2 Å². The lowest BCUT2D eigenvalue weighted by molar-refractivity contribution is -0.137. The highest BCUT2D eigenvalue weighted by Crippen LogP contribution is 2.34. The molecule has 0 atom stereocenters. The molecule has 1 aromatic rings. The largest absolute Gasteiger partial charge is 0.481 e. The maximum Gasteiger partial charge on any atom is 0.303 e. The Kier molecular flexibility index (Phi) is 5.44. The lowest BCUT2D eigenvalue weighted by Crippen LogP contribution is -2.29. The molecule has 0 aliphatic carbocycles. The van der Waals surface area contributed by atoms with Crippen LogP contribution < -0.4 is 4.90 Å². The van der Waals surface area contributed by atoms with Gasteiger partial charge in [0.25, 0.3) is 5.91 Å². The third-order valence-electron chi connectivity index (χ3n) is 4.40. The summed E-state index contributed by atoms with van der Waals surface area (Å²) in [7, 11) is 2.10. The minimum Gasteiger partial charge on any atom is -0.481 e. The number of hydrogen-bond donors (Lipinski definition) is 1. The van der Waals surface area contributed by atoms with Crippen molar-refractivity contribution in [3.63, 3.8) is 0 Å². The van der Waals surface area contributed by atoms with Crippen molar-refractivity contribution < 1.29 is 14.7 Å². The van der Waals surface area contributed by atoms with Gasteiger partial charge in [-0.2, -0.15) is 0 Å². The van der Waals surface area contributed by atoms with Gasteiger partial charge in [-0.15, -0.1) is 0 Å². The second-order valence-electron chi connectivity index (χ2n) is 6.24. The predicted molar refractivity (Wildman–Crippen MR) is 105 cm³/mol. The number of rotatable bonds is 5. The number of hydrogen-bond acceptors (Lipinski definition) is 5. The highest BCUT2D eigenvalue weighted by molar-refractivity contribution is 8.26. The molecule has 2 aliphatic rings. The molecule has 1 aromatic carbocycles. The van der Waals surface area contributed by atoms with E-state index >= 15 is 0 Å². The first-order valence-corrected chi connectivity index (χ1v) is 9.49. The number of thioether (sulfide) groups is 1. The highest BCUT2D eigenvalue weighted by atomic mass is 32.2. The molecule has 1 saturated heterocycles. The molecular weight excluding hydrogens is 356 g/mol. The summed E-state index contributed by atoms with van der Waals surface area (Å²) in [6.07, 6.45) is 4.51. The Bertz CT molecular complexity index is 761. The van der Waals surface area contributed by atoms with E-state index in [1.165, 1.54) is 27.9 Å². The number of carboxylic acids is 1. The van der Waals surface area contributed by atoms with E-state index < -0.39 is 5.97 Å². The summed E-state index contributed by atoms with van der Waals surface area (Å²) < 4.78 is 0.499. The van der Waals surface area contributed by atoms with E-state index in [-0.39, 0.29) is 12.3 Å². The summed E-state index contributed by atoms with van der Waals surface area (Å²) in [6, 6.07) is 6.27. The minimum absolute atomic E-state index is 0.0362. The lowest BCUT2D eigenvalue weighted by Gasteiger charge is -2.27. The second-order valence-corrected chi connectivity index (χ2v) is 7.92. The molecule has 0 aromatic heterocycles. The summed E-state index contributed by atoms with van der Waals surface area (Å²) in [4.78, 5) is 27.5. The summed E-state index contributed by atoms with van der Waals surface area (Å²) in [6.45, 7) is 1.42. The fourth-order valence-corrected chi connectivity index (χ4v) is 4.44. The first kappa shape index (κ1) is 17.9. The number of amides is 1. The summed E-state index contributed by atoms with van der Waals surface area (Å²) in [5, 5.41) is 8.73. The maximum atomic E-state index is 12.5. The highest BCUT2D eigenvalue weighted by Gasteiger charge is 2.31. The van der Waals surface area contributed by atoms with Crippen LogP contribution in [0.3, 0.4) is 0 Å². The van der Waals surface area contributed by atoms with E-state index in [4.69, 9.17) is 17.3 Å². The average Bonchev–Trinajstić information content (AvgIpc) is 2.82. The lowest BCUT2D eigenvalue weighted by atomic mass is 9.99. The molecule has 0 spiro atoms. The van der Waals surface area contributed by atoms with Crippen LogP contribution in [-0.4, -0.2) is 46.3 Å². The van der Waals surface area contributed by atoms with Crippen LogP contribution in [0.5, 0.6) is 0 Å². The maximum absolute atomic E-state index is 12.5. The Labute approximate surface area is 156 Å². The van der Waals surface area contributed by atoms with E-state index in [0.717, 1.165) is 24.9 Å². The number of fused-ring (bicyclic) bond motifs is 1. The molecule has 1 fully saturated rings. The Hall–Kier alpha value is -1.86. The molecule has 132 valence electrons. The van der Waals surface area contributed by atoms with Gasteiger partial charge in [0.05, 0.1) is 4.91 Å². The summed E-state index contributed by atoms with van der Waals surface area (Å²) in [5.74, 6) is -0.991. The molecule has 1 N–H and O–H groups in total. The average molecular weight is 377 g/mol. The third kappa shape index (κ3) is 4.04. The van der Waals surface area contributed by atoms with Crippen LogP contribution in [0.4, 0.5) is 5.69 Å². The van der Waals surface area contributed by atoms with E-state index in [9.17, 15) is 9.59 Å². The first-order chi connectivity index (χ1) is 12.0. The Balaban J connectivity index is 1.74. The zero-order valence-electron chi connectivity index (χ0n) is 14.0. The van der Waals surface area contributed by atoms with Gasteiger partial charge in [0.2, 0.25) is 0 Å². The predicted octanol–water partition coefficient (Wildman–Crippen LogP) is 3.14. The number of nitrogens with zero attached hydrogens (tertiary/aromatic N) is 2. The number of carboxylic acid groups (broad SMARTS) is 1. The normalized spacial score (nSPS) is 18.8. The van der Waals surface area contributed by atoms with Gasteiger partial charge in [-0.1, -0.05) is 30.0 Å². The van der Waals surface area contributed by atoms with Gasteiger partial charge in [0.1, 0.15) is 4.32 Å². The molecule has 2 aliphatic heterocycles. The number of aliphatic carboxylic acids is 1. The standard InChI is InChI=1S/C18H20N2O3S2/c1-19-8-2-4-13-10-12(6-7-14(13)19)11-15-17(23)20(18(24)25-15)9-3-5-16(21)22/h6-7,10-11H,2-5,8-9H2,1H3,(H,21,22). The van der Waals surface area contributed by atoms with E-state index in [0.29, 0.717) is 22.2 Å². The van der Waals surface area contributed by atoms with Crippen LogP contribution in [0.2, 0.25) is 0 Å². The Morgan fingerprint density at radius 3 is 3.00 bits per heavy atom. The smallest absolute Gasteiger partial charge is 0.303 e. The Morgan fingerprint density at radius 1 is 1.44 bits per heavy atom. The van der Waals surface area contributed by atoms with E-state index in [1.54, 1.807) is 0 Å². The number of benzene rings is 1. The topological polar surface area (TPSA) is 60.9 Å². The van der Waals surface area contributed by atoms with Crippen LogP contribution in [0.1, 0.15) is 30.4 Å². The number of anilines is 1. The molecule has 0 saturated carbocycles. The number of carbonyl (C=O) groups excluding carboxylic acids is 1. The van der Waals surface area contributed by atoms with Crippen molar-refractivity contribution in [1.82, 2.24) is 4.90 Å². The van der Waals surface area contributed by atoms with Gasteiger partial charge in [0, 0.05) is 32.2 Å². The number of aryl methyl sites for hydroxylation is 1. The fraction of sp³-hybridized carbons (Fsp3) is 0.389. The third-order valence-corrected chi connectivity index (χ3v) is 5.78. The summed E-state index contributed by atoms with van der Waals surface area (Å²) >= 11 is 6.56. The first-order valence-electron chi connectivity index (χ1n) is 8.27. The molecule has 5 nitrogen and oxygen atoms in total. The summed E-state index contributed by atoms with van der Waals surface area (Å²) in [5.41, 5.74) is 3.56. The van der Waals surface area contributed by atoms with Crippen molar-refractivity contribution in [2.45, 2.75) is 25.7 Å². The van der Waals surface area contributed by atoms with Crippen molar-refractivity contribution in [3.8, 4) is 0 Å². The van der Waals surface area contributed by atoms with Gasteiger partial charge >= 0.3 is 5.97 Å². The van der Waals surface area contributed by atoms with E-state index in [1.807, 2.05) is 12.1 Å². The van der Waals surface area contributed by atoms with Gasteiger partial charge in [-0.05, 0) is 48.6 Å². The SMILES string of the molecule is CN1CCCc2cc(C=C3SC(=S)N(CCCC(=O)O)C3=O)ccc21. The van der Waals surface area contributed by atoms with Crippen LogP contribution in [0.15, 0.2) is 23.1 Å². The zero-order valence-corrected chi connectivity index (χ0v) is 15.7. The van der Waals surface area contributed by atoms with Gasteiger partial charge < -0.3 is 10.0 Å². The van der Waals surface area contributed by atoms with Crippen molar-refractivity contribution in [1.29, 1.82) is 0 Å². The Morgan fingerprint density at radius 2 is 2.24 bits per heavy atom. The molecule has 7 heteroatoms. The number of thiocarbonyl (C=S) groups is 1. The minimum atomic E-state index is -0.861. The van der Waals surface area contributed by atoms with E-state index in [2.05, 4.69) is 24.1 Å². The molecule has 3 rings (SSSR count). The van der Waals surface area contributed by atoms with Crippen LogP contribution in [0.25, 0.3) is 6.08 Å². The second kappa shape index (κ2) is 7.58. The fourth-order valence-electron chi connectivity index (χ4n) is 3.13. The monoisotopic (exact) mass is 376 g/mol. The zero-order chi connectivity index (χ0) is 18.0. The molecule has 0 unspecified atom stereocenters. The number of carbonyl (C=O) groups is 2. The molecule has 0 bridgehead atoms. The quantitative estimate of drug-likeness (QED) is 0.629. The van der Waals surface area contributed by atoms with Crippen LogP contribution in [0, 0.1) is 0 Å². The van der Waals surface area contributed by atoms with Gasteiger partial charge in [0.15, 0.2) is 0 Å².